The summed E-state index contributed by atoms with van der Waals surface area (Å²) in [6.07, 6.45) is 3.76. The molecule has 2 amide bonds. The smallest absolute Gasteiger partial charge is 0.254 e. The minimum absolute atomic E-state index is 0.0885. The van der Waals surface area contributed by atoms with Crippen LogP contribution in [0.3, 0.4) is 0 Å². The number of rotatable bonds is 8. The van der Waals surface area contributed by atoms with Gasteiger partial charge in [0.05, 0.1) is 10.5 Å². The van der Waals surface area contributed by atoms with Crippen LogP contribution in [0, 0.1) is 5.82 Å². The van der Waals surface area contributed by atoms with Gasteiger partial charge in [0.25, 0.3) is 5.91 Å². The zero-order valence-electron chi connectivity index (χ0n) is 18.3. The van der Waals surface area contributed by atoms with E-state index in [1.54, 1.807) is 0 Å². The molecule has 1 fully saturated rings. The van der Waals surface area contributed by atoms with Crippen molar-refractivity contribution in [3.63, 3.8) is 0 Å². The van der Waals surface area contributed by atoms with Crippen molar-refractivity contribution in [1.29, 1.82) is 0 Å². The van der Waals surface area contributed by atoms with Crippen molar-refractivity contribution in [2.24, 2.45) is 0 Å². The first-order valence-electron chi connectivity index (χ1n) is 10.9. The topological polar surface area (TPSA) is 95.6 Å². The predicted octanol–water partition coefficient (Wildman–Crippen LogP) is 2.64. The van der Waals surface area contributed by atoms with Crippen LogP contribution in [0.5, 0.6) is 0 Å². The van der Waals surface area contributed by atoms with Gasteiger partial charge in [-0.3, -0.25) is 9.59 Å². The van der Waals surface area contributed by atoms with E-state index in [9.17, 15) is 22.4 Å². The van der Waals surface area contributed by atoms with Gasteiger partial charge in [-0.15, -0.1) is 0 Å². The summed E-state index contributed by atoms with van der Waals surface area (Å²) in [7, 11) is -3.99. The van der Waals surface area contributed by atoms with Crippen LogP contribution in [0.1, 0.15) is 35.2 Å². The van der Waals surface area contributed by atoms with Crippen LogP contribution in [0.25, 0.3) is 0 Å². The molecule has 0 radical (unpaired) electrons. The van der Waals surface area contributed by atoms with Gasteiger partial charge in [-0.25, -0.2) is 12.8 Å². The lowest BCUT2D eigenvalue weighted by Crippen LogP contribution is -2.44. The van der Waals surface area contributed by atoms with Crippen LogP contribution in [-0.4, -0.2) is 50.2 Å². The average Bonchev–Trinajstić information content (AvgIpc) is 3.05. The van der Waals surface area contributed by atoms with Crippen LogP contribution < -0.4 is 10.6 Å². The van der Waals surface area contributed by atoms with Crippen LogP contribution in [0.2, 0.25) is 0 Å². The molecular weight excluding hydrogens is 445 g/mol. The van der Waals surface area contributed by atoms with E-state index >= 15 is 0 Å². The normalized spacial score (nSPS) is 17.1. The summed E-state index contributed by atoms with van der Waals surface area (Å²) in [5.74, 6) is -1.87. The molecule has 1 heterocycles. The van der Waals surface area contributed by atoms with Crippen molar-refractivity contribution in [2.45, 2.75) is 36.6 Å². The molecule has 33 heavy (non-hydrogen) atoms. The van der Waals surface area contributed by atoms with Crippen LogP contribution in [-0.2, 0) is 21.2 Å². The van der Waals surface area contributed by atoms with E-state index in [2.05, 4.69) is 17.2 Å². The second-order valence-corrected chi connectivity index (χ2v) is 9.84. The fraction of sp³-hybridized carbons (Fsp3) is 0.333. The molecule has 2 N–H and O–H groups in total. The number of halogens is 1. The van der Waals surface area contributed by atoms with Crippen molar-refractivity contribution in [3.8, 4) is 0 Å². The molecular formula is C24H28FN3O4S. The Hall–Kier alpha value is -3.04. The molecule has 176 valence electrons. The van der Waals surface area contributed by atoms with Gasteiger partial charge in [0.15, 0.2) is 0 Å². The van der Waals surface area contributed by atoms with Crippen molar-refractivity contribution in [1.82, 2.24) is 14.9 Å². The number of nitrogens with one attached hydrogen (secondary N) is 2. The van der Waals surface area contributed by atoms with Gasteiger partial charge in [-0.2, -0.15) is 4.31 Å². The summed E-state index contributed by atoms with van der Waals surface area (Å²) in [4.78, 5) is 23.8. The Kier molecular flexibility index (Phi) is 8.35. The van der Waals surface area contributed by atoms with Crippen LogP contribution in [0.15, 0.2) is 66.1 Å². The molecule has 1 unspecified atom stereocenters. The number of nitrogens with zero attached hydrogens (tertiary/aromatic N) is 1. The lowest BCUT2D eigenvalue weighted by molar-refractivity contribution is -0.117. The SMILES string of the molecule is C=CC(=O)NC1CCCCN(S(=O)(=O)c2ccc(C(=O)NCCc3ccccc3)c(F)c2)C1. The first-order chi connectivity index (χ1) is 15.8. The highest BCUT2D eigenvalue weighted by Crippen LogP contribution is 2.22. The summed E-state index contributed by atoms with van der Waals surface area (Å²) in [6, 6.07) is 12.5. The minimum Gasteiger partial charge on any atom is -0.352 e. The molecule has 1 saturated heterocycles. The Bertz CT molecular complexity index is 1110. The summed E-state index contributed by atoms with van der Waals surface area (Å²) in [5.41, 5.74) is 0.828. The average molecular weight is 474 g/mol. The van der Waals surface area contributed by atoms with Gasteiger partial charge in [0.2, 0.25) is 15.9 Å². The van der Waals surface area contributed by atoms with Crippen molar-refractivity contribution in [2.75, 3.05) is 19.6 Å². The van der Waals surface area contributed by atoms with E-state index in [4.69, 9.17) is 0 Å². The molecule has 9 heteroatoms. The molecule has 0 saturated carbocycles. The number of benzene rings is 2. The van der Waals surface area contributed by atoms with Gasteiger partial charge >= 0.3 is 0 Å². The number of carbonyl (C=O) groups is 2. The van der Waals surface area contributed by atoms with E-state index in [-0.39, 0.29) is 35.5 Å². The van der Waals surface area contributed by atoms with Gasteiger partial charge in [-0.05, 0) is 49.1 Å². The molecule has 7 nitrogen and oxygen atoms in total. The fourth-order valence-corrected chi connectivity index (χ4v) is 5.29. The predicted molar refractivity (Wildman–Crippen MR) is 124 cm³/mol. The lowest BCUT2D eigenvalue weighted by atomic mass is 10.1. The van der Waals surface area contributed by atoms with Gasteiger partial charge in [0.1, 0.15) is 5.82 Å². The van der Waals surface area contributed by atoms with E-state index < -0.39 is 21.7 Å². The lowest BCUT2D eigenvalue weighted by Gasteiger charge is -2.24. The molecule has 1 aliphatic heterocycles. The second kappa shape index (κ2) is 11.2. The maximum absolute atomic E-state index is 14.7. The van der Waals surface area contributed by atoms with Crippen molar-refractivity contribution >= 4 is 21.8 Å². The van der Waals surface area contributed by atoms with Crippen molar-refractivity contribution in [3.05, 3.63) is 78.1 Å². The molecule has 1 atom stereocenters. The maximum Gasteiger partial charge on any atom is 0.254 e. The Morgan fingerprint density at radius 2 is 1.91 bits per heavy atom. The van der Waals surface area contributed by atoms with Gasteiger partial charge in [0, 0.05) is 25.7 Å². The first-order valence-corrected chi connectivity index (χ1v) is 12.3. The molecule has 1 aliphatic rings. The maximum atomic E-state index is 14.7. The molecule has 3 rings (SSSR count). The standard InChI is InChI=1S/C24H28FN3O4S/c1-2-23(29)27-19-10-6-7-15-28(17-19)33(31,32)20-11-12-21(22(25)16-20)24(30)26-14-13-18-8-4-3-5-9-18/h2-5,8-9,11-12,16,19H,1,6-7,10,13-15,17H2,(H,26,30)(H,27,29). The fourth-order valence-electron chi connectivity index (χ4n) is 3.75. The number of sulfonamides is 1. The minimum atomic E-state index is -3.99. The number of hydrogen-bond acceptors (Lipinski definition) is 4. The zero-order valence-corrected chi connectivity index (χ0v) is 19.1. The van der Waals surface area contributed by atoms with E-state index in [1.807, 2.05) is 30.3 Å². The third-order valence-electron chi connectivity index (χ3n) is 5.53. The Morgan fingerprint density at radius 1 is 1.15 bits per heavy atom. The Balaban J connectivity index is 1.68. The molecule has 0 bridgehead atoms. The van der Waals surface area contributed by atoms with Crippen LogP contribution in [0.4, 0.5) is 4.39 Å². The van der Waals surface area contributed by atoms with E-state index in [1.165, 1.54) is 16.4 Å². The molecule has 0 aliphatic carbocycles. The Labute approximate surface area is 193 Å². The molecule has 0 spiro atoms. The summed E-state index contributed by atoms with van der Waals surface area (Å²) in [5, 5.41) is 5.40. The van der Waals surface area contributed by atoms with E-state index in [0.717, 1.165) is 24.1 Å². The van der Waals surface area contributed by atoms with Gasteiger partial charge in [-0.1, -0.05) is 43.3 Å². The van der Waals surface area contributed by atoms with Gasteiger partial charge < -0.3 is 10.6 Å². The van der Waals surface area contributed by atoms with Crippen molar-refractivity contribution < 1.29 is 22.4 Å². The number of carbonyl (C=O) groups excluding carboxylic acids is 2. The molecule has 2 aromatic carbocycles. The highest BCUT2D eigenvalue weighted by atomic mass is 32.2. The largest absolute Gasteiger partial charge is 0.352 e. The highest BCUT2D eigenvalue weighted by Gasteiger charge is 2.30. The highest BCUT2D eigenvalue weighted by molar-refractivity contribution is 7.89. The van der Waals surface area contributed by atoms with E-state index in [0.29, 0.717) is 25.8 Å². The van der Waals surface area contributed by atoms with Crippen LogP contribution >= 0.6 is 0 Å². The Morgan fingerprint density at radius 3 is 2.61 bits per heavy atom. The third kappa shape index (κ3) is 6.49. The second-order valence-electron chi connectivity index (χ2n) is 7.90. The third-order valence-corrected chi connectivity index (χ3v) is 7.39. The number of hydrogen-bond donors (Lipinski definition) is 2. The molecule has 2 aromatic rings. The summed E-state index contributed by atoms with van der Waals surface area (Å²) >= 11 is 0. The number of amides is 2. The molecule has 0 aromatic heterocycles. The summed E-state index contributed by atoms with van der Waals surface area (Å²) in [6.45, 7) is 4.10. The first kappa shape index (κ1) is 24.6. The quantitative estimate of drug-likeness (QED) is 0.576. The monoisotopic (exact) mass is 473 g/mol. The summed E-state index contributed by atoms with van der Waals surface area (Å²) < 4.78 is 42.2. The zero-order chi connectivity index (χ0) is 23.8.